The van der Waals surface area contributed by atoms with Crippen LogP contribution in [0.5, 0.6) is 5.75 Å². The molecule has 2 rings (SSSR count). The molecule has 1 aromatic rings. The topological polar surface area (TPSA) is 38.3 Å². The minimum Gasteiger partial charge on any atom is -0.488 e. The molecule has 1 aliphatic rings. The van der Waals surface area contributed by atoms with Gasteiger partial charge < -0.3 is 10.1 Å². The van der Waals surface area contributed by atoms with Gasteiger partial charge in [0.15, 0.2) is 11.6 Å². The molecule has 0 aliphatic carbocycles. The molecule has 1 heterocycles. The Morgan fingerprint density at radius 1 is 1.46 bits per heavy atom. The Bertz CT molecular complexity index is 351. The van der Waals surface area contributed by atoms with Crippen LogP contribution in [0.1, 0.15) is 6.42 Å². The van der Waals surface area contributed by atoms with E-state index in [0.717, 1.165) is 0 Å². The Balaban J connectivity index is 2.45. The van der Waals surface area contributed by atoms with E-state index in [2.05, 4.69) is 5.32 Å². The van der Waals surface area contributed by atoms with Gasteiger partial charge in [-0.3, -0.25) is 4.79 Å². The number of anilines is 1. The highest BCUT2D eigenvalue weighted by molar-refractivity contribution is 5.93. The van der Waals surface area contributed by atoms with E-state index in [4.69, 9.17) is 4.74 Å². The summed E-state index contributed by atoms with van der Waals surface area (Å²) in [5, 5.41) is 2.56. The second-order valence-electron chi connectivity index (χ2n) is 2.76. The monoisotopic (exact) mass is 181 g/mol. The number of fused-ring (bicyclic) bond motifs is 1. The van der Waals surface area contributed by atoms with Gasteiger partial charge in [-0.15, -0.1) is 0 Å². The van der Waals surface area contributed by atoms with Crippen molar-refractivity contribution >= 4 is 11.6 Å². The molecule has 0 radical (unpaired) electrons. The van der Waals surface area contributed by atoms with E-state index in [1.807, 2.05) is 0 Å². The highest BCUT2D eigenvalue weighted by atomic mass is 19.1. The summed E-state index contributed by atoms with van der Waals surface area (Å²) in [7, 11) is 0. The lowest BCUT2D eigenvalue weighted by Crippen LogP contribution is -2.10. The van der Waals surface area contributed by atoms with E-state index in [1.165, 1.54) is 12.1 Å². The molecule has 0 unspecified atom stereocenters. The van der Waals surface area contributed by atoms with Crippen LogP contribution < -0.4 is 10.1 Å². The standard InChI is InChI=1S/C9H8FNO2/c10-6-2-1-3-7-9(6)13-5-4-8(12)11-7/h1-3H,4-5H2,(H,11,12). The SMILES string of the molecule is O=C1CCOc2c(F)cccc2N1. The molecule has 1 aliphatic heterocycles. The Morgan fingerprint density at radius 2 is 2.31 bits per heavy atom. The first-order chi connectivity index (χ1) is 6.27. The molecule has 0 saturated carbocycles. The zero-order chi connectivity index (χ0) is 9.26. The van der Waals surface area contributed by atoms with Crippen molar-refractivity contribution in [2.45, 2.75) is 6.42 Å². The van der Waals surface area contributed by atoms with E-state index < -0.39 is 5.82 Å². The lowest BCUT2D eigenvalue weighted by atomic mass is 10.3. The Morgan fingerprint density at radius 3 is 3.15 bits per heavy atom. The van der Waals surface area contributed by atoms with Gasteiger partial charge in [-0.25, -0.2) is 4.39 Å². The number of amides is 1. The van der Waals surface area contributed by atoms with Gasteiger partial charge in [0.05, 0.1) is 18.7 Å². The van der Waals surface area contributed by atoms with Crippen LogP contribution in [0, 0.1) is 5.82 Å². The summed E-state index contributed by atoms with van der Waals surface area (Å²) in [5.41, 5.74) is 0.405. The number of ether oxygens (including phenoxy) is 1. The fourth-order valence-electron chi connectivity index (χ4n) is 1.21. The first-order valence-corrected chi connectivity index (χ1v) is 3.98. The van der Waals surface area contributed by atoms with Crippen LogP contribution in [0.2, 0.25) is 0 Å². The first kappa shape index (κ1) is 8.04. The number of nitrogens with one attached hydrogen (secondary N) is 1. The third-order valence-electron chi connectivity index (χ3n) is 1.82. The number of rotatable bonds is 0. The van der Waals surface area contributed by atoms with Crippen molar-refractivity contribution < 1.29 is 13.9 Å². The molecule has 0 atom stereocenters. The van der Waals surface area contributed by atoms with E-state index in [9.17, 15) is 9.18 Å². The average molecular weight is 181 g/mol. The van der Waals surface area contributed by atoms with E-state index in [1.54, 1.807) is 6.07 Å². The van der Waals surface area contributed by atoms with Crippen LogP contribution in [0.25, 0.3) is 0 Å². The molecule has 1 aromatic carbocycles. The van der Waals surface area contributed by atoms with E-state index >= 15 is 0 Å². The molecular formula is C9H8FNO2. The first-order valence-electron chi connectivity index (χ1n) is 3.98. The Hall–Kier alpha value is -1.58. The van der Waals surface area contributed by atoms with Crippen LogP contribution in [-0.2, 0) is 4.79 Å². The minimum absolute atomic E-state index is 0.133. The molecular weight excluding hydrogens is 173 g/mol. The maximum Gasteiger partial charge on any atom is 0.227 e. The average Bonchev–Trinajstić information content (AvgIpc) is 2.27. The van der Waals surface area contributed by atoms with Crippen molar-refractivity contribution in [1.82, 2.24) is 0 Å². The van der Waals surface area contributed by atoms with Crippen molar-refractivity contribution in [2.75, 3.05) is 11.9 Å². The van der Waals surface area contributed by atoms with Crippen molar-refractivity contribution in [3.63, 3.8) is 0 Å². The Labute approximate surface area is 74.5 Å². The van der Waals surface area contributed by atoms with Gasteiger partial charge in [-0.2, -0.15) is 0 Å². The summed E-state index contributed by atoms with van der Waals surface area (Å²) in [6.07, 6.45) is 0.258. The normalized spacial score (nSPS) is 15.3. The van der Waals surface area contributed by atoms with Gasteiger partial charge in [0.2, 0.25) is 5.91 Å². The summed E-state index contributed by atoms with van der Waals surface area (Å²) < 4.78 is 18.2. The maximum atomic E-state index is 13.1. The number of hydrogen-bond acceptors (Lipinski definition) is 2. The van der Waals surface area contributed by atoms with Crippen molar-refractivity contribution in [3.05, 3.63) is 24.0 Å². The summed E-state index contributed by atoms with van der Waals surface area (Å²) in [6, 6.07) is 4.45. The quantitative estimate of drug-likeness (QED) is 0.659. The minimum atomic E-state index is -0.445. The summed E-state index contributed by atoms with van der Waals surface area (Å²) in [6.45, 7) is 0.222. The van der Waals surface area contributed by atoms with Crippen LogP contribution in [-0.4, -0.2) is 12.5 Å². The van der Waals surface area contributed by atoms with Crippen LogP contribution >= 0.6 is 0 Å². The lowest BCUT2D eigenvalue weighted by molar-refractivity contribution is -0.116. The number of carbonyl (C=O) groups is 1. The smallest absolute Gasteiger partial charge is 0.227 e. The predicted molar refractivity (Wildman–Crippen MR) is 45.1 cm³/mol. The van der Waals surface area contributed by atoms with Crippen molar-refractivity contribution in [1.29, 1.82) is 0 Å². The zero-order valence-corrected chi connectivity index (χ0v) is 6.84. The molecule has 1 amide bonds. The Kier molecular flexibility index (Phi) is 1.88. The molecule has 68 valence electrons. The summed E-state index contributed by atoms with van der Waals surface area (Å²) >= 11 is 0. The van der Waals surface area contributed by atoms with Gasteiger partial charge >= 0.3 is 0 Å². The lowest BCUT2D eigenvalue weighted by Gasteiger charge is -2.06. The fourth-order valence-corrected chi connectivity index (χ4v) is 1.21. The van der Waals surface area contributed by atoms with E-state index in [-0.39, 0.29) is 24.7 Å². The fraction of sp³-hybridized carbons (Fsp3) is 0.222. The zero-order valence-electron chi connectivity index (χ0n) is 6.84. The number of halogens is 1. The largest absolute Gasteiger partial charge is 0.488 e. The number of benzene rings is 1. The maximum absolute atomic E-state index is 13.1. The number of carbonyl (C=O) groups excluding carboxylic acids is 1. The highest BCUT2D eigenvalue weighted by Gasteiger charge is 2.16. The number of hydrogen-bond donors (Lipinski definition) is 1. The van der Waals surface area contributed by atoms with Crippen LogP contribution in [0.15, 0.2) is 18.2 Å². The molecule has 0 saturated heterocycles. The predicted octanol–water partition coefficient (Wildman–Crippen LogP) is 1.55. The van der Waals surface area contributed by atoms with Gasteiger partial charge in [0.1, 0.15) is 0 Å². The molecule has 0 fully saturated rings. The van der Waals surface area contributed by atoms with Crippen LogP contribution in [0.4, 0.5) is 10.1 Å². The van der Waals surface area contributed by atoms with E-state index in [0.29, 0.717) is 5.69 Å². The van der Waals surface area contributed by atoms with Gasteiger partial charge in [-0.1, -0.05) is 6.07 Å². The second-order valence-corrected chi connectivity index (χ2v) is 2.76. The molecule has 0 spiro atoms. The summed E-state index contributed by atoms with van der Waals surface area (Å²) in [5.74, 6) is -0.461. The molecule has 0 bridgehead atoms. The molecule has 13 heavy (non-hydrogen) atoms. The van der Waals surface area contributed by atoms with Gasteiger partial charge in [0.25, 0.3) is 0 Å². The van der Waals surface area contributed by atoms with Crippen molar-refractivity contribution in [3.8, 4) is 5.75 Å². The molecule has 4 heteroatoms. The van der Waals surface area contributed by atoms with Gasteiger partial charge in [-0.05, 0) is 12.1 Å². The summed E-state index contributed by atoms with van der Waals surface area (Å²) in [4.78, 5) is 11.0. The third kappa shape index (κ3) is 1.47. The second kappa shape index (κ2) is 3.05. The highest BCUT2D eigenvalue weighted by Crippen LogP contribution is 2.29. The molecule has 1 N–H and O–H groups in total. The van der Waals surface area contributed by atoms with Crippen molar-refractivity contribution in [2.24, 2.45) is 0 Å². The van der Waals surface area contributed by atoms with Crippen LogP contribution in [0.3, 0.4) is 0 Å². The molecule has 0 aromatic heterocycles. The third-order valence-corrected chi connectivity index (χ3v) is 1.82. The number of para-hydroxylation sites is 1. The van der Waals surface area contributed by atoms with Gasteiger partial charge in [0, 0.05) is 0 Å². The molecule has 3 nitrogen and oxygen atoms in total.